The summed E-state index contributed by atoms with van der Waals surface area (Å²) in [6.07, 6.45) is 0.796. The van der Waals surface area contributed by atoms with Gasteiger partial charge in [-0.2, -0.15) is 15.0 Å². The molecule has 0 aliphatic carbocycles. The van der Waals surface area contributed by atoms with Gasteiger partial charge in [0.05, 0.1) is 7.11 Å². The smallest absolute Gasteiger partial charge is 0.322 e. The summed E-state index contributed by atoms with van der Waals surface area (Å²) < 4.78 is 5.05. The summed E-state index contributed by atoms with van der Waals surface area (Å²) in [5.74, 6) is 1.22. The first-order chi connectivity index (χ1) is 10.2. The second-order valence-corrected chi connectivity index (χ2v) is 4.34. The van der Waals surface area contributed by atoms with Crippen LogP contribution in [0.2, 0.25) is 0 Å². The number of phenolic OH excluding ortho intramolecular Hbond substituents is 1. The van der Waals surface area contributed by atoms with Crippen LogP contribution in [0.25, 0.3) is 0 Å². The van der Waals surface area contributed by atoms with E-state index < -0.39 is 0 Å². The van der Waals surface area contributed by atoms with E-state index in [1.54, 1.807) is 12.1 Å². The Kier molecular flexibility index (Phi) is 5.14. The maximum atomic E-state index is 9.24. The Bertz CT molecular complexity index is 574. The van der Waals surface area contributed by atoms with E-state index in [2.05, 4.69) is 25.6 Å². The lowest BCUT2D eigenvalue weighted by atomic mass is 10.1. The Morgan fingerprint density at radius 1 is 1.05 bits per heavy atom. The molecule has 1 heterocycles. The van der Waals surface area contributed by atoms with Crippen molar-refractivity contribution in [2.45, 2.75) is 13.3 Å². The lowest BCUT2D eigenvalue weighted by molar-refractivity contribution is 0.379. The van der Waals surface area contributed by atoms with Gasteiger partial charge in [-0.05, 0) is 31.0 Å². The van der Waals surface area contributed by atoms with Crippen molar-refractivity contribution >= 4 is 11.9 Å². The highest BCUT2D eigenvalue weighted by molar-refractivity contribution is 5.36. The third kappa shape index (κ3) is 4.48. The zero-order valence-corrected chi connectivity index (χ0v) is 12.1. The molecule has 112 valence electrons. The topological polar surface area (TPSA) is 92.2 Å². The van der Waals surface area contributed by atoms with E-state index in [4.69, 9.17) is 4.74 Å². The fourth-order valence-corrected chi connectivity index (χ4v) is 1.75. The van der Waals surface area contributed by atoms with E-state index >= 15 is 0 Å². The highest BCUT2D eigenvalue weighted by Crippen LogP contribution is 2.12. The summed E-state index contributed by atoms with van der Waals surface area (Å²) in [5, 5.41) is 15.4. The van der Waals surface area contributed by atoms with Crippen molar-refractivity contribution < 1.29 is 9.84 Å². The van der Waals surface area contributed by atoms with Crippen LogP contribution in [0.15, 0.2) is 24.3 Å². The number of anilines is 2. The summed E-state index contributed by atoms with van der Waals surface area (Å²) >= 11 is 0. The number of aromatic hydroxyl groups is 1. The van der Waals surface area contributed by atoms with Gasteiger partial charge in [0.1, 0.15) is 5.75 Å². The molecule has 2 aromatic rings. The van der Waals surface area contributed by atoms with Gasteiger partial charge in [-0.15, -0.1) is 0 Å². The molecular weight excluding hydrogens is 270 g/mol. The van der Waals surface area contributed by atoms with Crippen molar-refractivity contribution in [3.8, 4) is 11.8 Å². The molecule has 0 bridgehead atoms. The quantitative estimate of drug-likeness (QED) is 0.714. The van der Waals surface area contributed by atoms with Crippen LogP contribution in [0.5, 0.6) is 11.8 Å². The number of phenols is 1. The molecule has 0 unspecified atom stereocenters. The van der Waals surface area contributed by atoms with Crippen LogP contribution < -0.4 is 15.4 Å². The molecule has 0 fully saturated rings. The summed E-state index contributed by atoms with van der Waals surface area (Å²) in [6.45, 7) is 3.36. The number of benzene rings is 1. The fourth-order valence-electron chi connectivity index (χ4n) is 1.75. The number of rotatable bonds is 7. The van der Waals surface area contributed by atoms with Crippen LogP contribution in [-0.2, 0) is 6.42 Å². The lowest BCUT2D eigenvalue weighted by Crippen LogP contribution is -2.12. The normalized spacial score (nSPS) is 10.2. The summed E-state index contributed by atoms with van der Waals surface area (Å²) in [5.41, 5.74) is 1.12. The molecule has 0 atom stereocenters. The Labute approximate surface area is 123 Å². The molecule has 0 aliphatic heterocycles. The van der Waals surface area contributed by atoms with Crippen molar-refractivity contribution in [2.24, 2.45) is 0 Å². The van der Waals surface area contributed by atoms with Gasteiger partial charge < -0.3 is 20.5 Å². The Morgan fingerprint density at radius 3 is 2.33 bits per heavy atom. The van der Waals surface area contributed by atoms with Gasteiger partial charge in [0.25, 0.3) is 0 Å². The monoisotopic (exact) mass is 289 g/mol. The van der Waals surface area contributed by atoms with E-state index in [0.717, 1.165) is 18.5 Å². The molecule has 0 radical (unpaired) electrons. The van der Waals surface area contributed by atoms with Gasteiger partial charge in [0.15, 0.2) is 0 Å². The molecule has 0 aliphatic rings. The first-order valence-corrected chi connectivity index (χ1v) is 6.77. The molecule has 7 heteroatoms. The van der Waals surface area contributed by atoms with Crippen molar-refractivity contribution in [3.05, 3.63) is 29.8 Å². The third-order valence-electron chi connectivity index (χ3n) is 2.77. The molecule has 0 saturated heterocycles. The predicted molar refractivity (Wildman–Crippen MR) is 80.8 cm³/mol. The molecule has 2 rings (SSSR count). The number of ether oxygens (including phenoxy) is 1. The highest BCUT2D eigenvalue weighted by Gasteiger charge is 2.05. The van der Waals surface area contributed by atoms with Gasteiger partial charge in [-0.25, -0.2) is 0 Å². The Morgan fingerprint density at radius 2 is 1.71 bits per heavy atom. The number of aromatic nitrogens is 3. The zero-order valence-electron chi connectivity index (χ0n) is 12.1. The number of nitrogens with zero attached hydrogens (tertiary/aromatic N) is 3. The van der Waals surface area contributed by atoms with Crippen LogP contribution in [0.3, 0.4) is 0 Å². The number of nitrogens with one attached hydrogen (secondary N) is 2. The first kappa shape index (κ1) is 14.8. The average molecular weight is 289 g/mol. The number of hydrogen-bond acceptors (Lipinski definition) is 7. The van der Waals surface area contributed by atoms with Crippen molar-refractivity contribution in [1.82, 2.24) is 15.0 Å². The van der Waals surface area contributed by atoms with Crippen LogP contribution in [0, 0.1) is 0 Å². The predicted octanol–water partition coefficient (Wildman–Crippen LogP) is 1.67. The third-order valence-corrected chi connectivity index (χ3v) is 2.77. The van der Waals surface area contributed by atoms with Crippen LogP contribution in [0.1, 0.15) is 12.5 Å². The molecule has 0 spiro atoms. The molecule has 1 aromatic carbocycles. The fraction of sp³-hybridized carbons (Fsp3) is 0.357. The molecule has 1 aromatic heterocycles. The minimum absolute atomic E-state index is 0.268. The largest absolute Gasteiger partial charge is 0.508 e. The Hall–Kier alpha value is -2.57. The molecule has 0 saturated carbocycles. The second kappa shape index (κ2) is 7.28. The second-order valence-electron chi connectivity index (χ2n) is 4.34. The van der Waals surface area contributed by atoms with Crippen molar-refractivity contribution in [1.29, 1.82) is 0 Å². The average Bonchev–Trinajstić information content (AvgIpc) is 2.49. The minimum Gasteiger partial charge on any atom is -0.508 e. The van der Waals surface area contributed by atoms with E-state index in [-0.39, 0.29) is 11.8 Å². The highest BCUT2D eigenvalue weighted by atomic mass is 16.5. The SMILES string of the molecule is CCNc1nc(NCCc2ccc(O)cc2)nc(OC)n1. The Balaban J connectivity index is 1.95. The maximum Gasteiger partial charge on any atom is 0.322 e. The van der Waals surface area contributed by atoms with E-state index in [1.807, 2.05) is 19.1 Å². The molecule has 21 heavy (non-hydrogen) atoms. The summed E-state index contributed by atoms with van der Waals surface area (Å²) in [6, 6.07) is 7.38. The molecule has 0 amide bonds. The molecule has 7 nitrogen and oxygen atoms in total. The summed E-state index contributed by atoms with van der Waals surface area (Å²) in [7, 11) is 1.52. The lowest BCUT2D eigenvalue weighted by Gasteiger charge is -2.08. The summed E-state index contributed by atoms with van der Waals surface area (Å²) in [4.78, 5) is 12.5. The van der Waals surface area contributed by atoms with E-state index in [9.17, 15) is 5.11 Å². The van der Waals surface area contributed by atoms with Crippen LogP contribution in [0.4, 0.5) is 11.9 Å². The van der Waals surface area contributed by atoms with Crippen LogP contribution in [-0.4, -0.2) is 40.3 Å². The molecular formula is C14H19N5O2. The van der Waals surface area contributed by atoms with E-state index in [1.165, 1.54) is 7.11 Å². The number of methoxy groups -OCH3 is 1. The molecule has 3 N–H and O–H groups in total. The van der Waals surface area contributed by atoms with Crippen molar-refractivity contribution in [3.63, 3.8) is 0 Å². The zero-order chi connectivity index (χ0) is 15.1. The van der Waals surface area contributed by atoms with E-state index in [0.29, 0.717) is 18.4 Å². The standard InChI is InChI=1S/C14H19N5O2/c1-3-15-12-17-13(19-14(18-12)21-2)16-9-8-10-4-6-11(20)7-5-10/h4-7,20H,3,8-9H2,1-2H3,(H2,15,16,17,18,19). The van der Waals surface area contributed by atoms with Gasteiger partial charge in [-0.1, -0.05) is 12.1 Å². The van der Waals surface area contributed by atoms with Gasteiger partial charge in [0, 0.05) is 13.1 Å². The minimum atomic E-state index is 0.268. The van der Waals surface area contributed by atoms with Crippen molar-refractivity contribution in [2.75, 3.05) is 30.8 Å². The van der Waals surface area contributed by atoms with Gasteiger partial charge in [0.2, 0.25) is 11.9 Å². The van der Waals surface area contributed by atoms with Gasteiger partial charge >= 0.3 is 6.01 Å². The van der Waals surface area contributed by atoms with Gasteiger partial charge in [-0.3, -0.25) is 0 Å². The first-order valence-electron chi connectivity index (χ1n) is 6.77. The maximum absolute atomic E-state index is 9.24. The van der Waals surface area contributed by atoms with Crippen LogP contribution >= 0.6 is 0 Å². The number of hydrogen-bond donors (Lipinski definition) is 3.